The van der Waals surface area contributed by atoms with Crippen LogP contribution in [0.2, 0.25) is 0 Å². The van der Waals surface area contributed by atoms with Crippen LogP contribution in [0.15, 0.2) is 36.5 Å². The van der Waals surface area contributed by atoms with Crippen LogP contribution in [-0.4, -0.2) is 37.2 Å². The third-order valence-corrected chi connectivity index (χ3v) is 15.4. The fourth-order valence-electron chi connectivity index (χ4n) is 10.3. The monoisotopic (exact) mass is 1070 g/mol. The van der Waals surface area contributed by atoms with Crippen LogP contribution in [0.5, 0.6) is 0 Å². The molecule has 446 valence electrons. The Kier molecular flexibility index (Phi) is 63.1. The summed E-state index contributed by atoms with van der Waals surface area (Å²) < 4.78 is 16.9. The molecule has 0 saturated carbocycles. The molecule has 0 aromatic rings. The van der Waals surface area contributed by atoms with E-state index in [0.29, 0.717) is 19.3 Å². The second kappa shape index (κ2) is 65.2. The predicted octanol–water partition coefficient (Wildman–Crippen LogP) is 23.2. The number of rotatable bonds is 63. The van der Waals surface area contributed by atoms with Gasteiger partial charge in [0.05, 0.1) is 0 Å². The third kappa shape index (κ3) is 62.5. The average Bonchev–Trinajstić information content (AvgIpc) is 3.42. The van der Waals surface area contributed by atoms with E-state index in [1.807, 2.05) is 0 Å². The Morgan fingerprint density at radius 2 is 0.474 bits per heavy atom. The van der Waals surface area contributed by atoms with E-state index < -0.39 is 6.10 Å². The molecule has 0 aliphatic heterocycles. The molecule has 6 heteroatoms. The van der Waals surface area contributed by atoms with Crippen molar-refractivity contribution in [1.82, 2.24) is 0 Å². The third-order valence-electron chi connectivity index (χ3n) is 15.4. The van der Waals surface area contributed by atoms with Crippen molar-refractivity contribution in [2.45, 2.75) is 380 Å². The molecule has 0 aromatic heterocycles. The number of ether oxygens (including phenoxy) is 3. The lowest BCUT2D eigenvalue weighted by atomic mass is 10.0. The lowest BCUT2D eigenvalue weighted by Gasteiger charge is -2.18. The van der Waals surface area contributed by atoms with E-state index in [0.717, 1.165) is 70.6 Å². The van der Waals surface area contributed by atoms with E-state index in [4.69, 9.17) is 14.2 Å². The van der Waals surface area contributed by atoms with Crippen molar-refractivity contribution in [1.29, 1.82) is 0 Å². The van der Waals surface area contributed by atoms with Crippen LogP contribution in [0.25, 0.3) is 0 Å². The zero-order valence-electron chi connectivity index (χ0n) is 51.3. The Hall–Kier alpha value is -2.37. The molecule has 0 bridgehead atoms. The highest BCUT2D eigenvalue weighted by Crippen LogP contribution is 2.18. The maximum absolute atomic E-state index is 12.9. The minimum Gasteiger partial charge on any atom is -0.462 e. The first-order chi connectivity index (χ1) is 37.5. The van der Waals surface area contributed by atoms with Crippen molar-refractivity contribution in [3.63, 3.8) is 0 Å². The van der Waals surface area contributed by atoms with Gasteiger partial charge in [0.1, 0.15) is 13.2 Å². The van der Waals surface area contributed by atoms with Gasteiger partial charge < -0.3 is 14.2 Å². The molecular formula is C70H130O6. The van der Waals surface area contributed by atoms with Gasteiger partial charge in [-0.2, -0.15) is 0 Å². The molecule has 0 heterocycles. The Morgan fingerprint density at radius 3 is 0.737 bits per heavy atom. The number of unbranched alkanes of at least 4 members (excludes halogenated alkanes) is 46. The second-order valence-electron chi connectivity index (χ2n) is 23.1. The first-order valence-corrected chi connectivity index (χ1v) is 34.0. The summed E-state index contributed by atoms with van der Waals surface area (Å²) in [5, 5.41) is 0. The summed E-state index contributed by atoms with van der Waals surface area (Å²) in [4.78, 5) is 38.2. The van der Waals surface area contributed by atoms with Gasteiger partial charge in [0, 0.05) is 19.3 Å². The van der Waals surface area contributed by atoms with Gasteiger partial charge in [0.2, 0.25) is 0 Å². The van der Waals surface area contributed by atoms with E-state index in [9.17, 15) is 14.4 Å². The summed E-state index contributed by atoms with van der Waals surface area (Å²) in [6.07, 6.45) is 80.3. The van der Waals surface area contributed by atoms with Crippen LogP contribution in [0, 0.1) is 0 Å². The van der Waals surface area contributed by atoms with Gasteiger partial charge in [-0.05, 0) is 57.8 Å². The van der Waals surface area contributed by atoms with Crippen molar-refractivity contribution in [3.8, 4) is 0 Å². The molecule has 0 amide bonds. The maximum Gasteiger partial charge on any atom is 0.306 e. The fraction of sp³-hybridized carbons (Fsp3) is 0.871. The average molecular weight is 1070 g/mol. The number of hydrogen-bond donors (Lipinski definition) is 0. The van der Waals surface area contributed by atoms with E-state index >= 15 is 0 Å². The Bertz CT molecular complexity index is 1270. The van der Waals surface area contributed by atoms with Crippen LogP contribution >= 0.6 is 0 Å². The molecule has 0 aliphatic rings. The second-order valence-corrected chi connectivity index (χ2v) is 23.1. The maximum atomic E-state index is 12.9. The molecule has 0 rings (SSSR count). The van der Waals surface area contributed by atoms with Crippen molar-refractivity contribution in [2.24, 2.45) is 0 Å². The number of carbonyl (C=O) groups is 3. The van der Waals surface area contributed by atoms with Crippen LogP contribution in [-0.2, 0) is 28.6 Å². The summed E-state index contributed by atoms with van der Waals surface area (Å²) in [6, 6.07) is 0. The molecule has 0 saturated heterocycles. The molecule has 1 atom stereocenters. The van der Waals surface area contributed by atoms with Crippen LogP contribution in [0.1, 0.15) is 374 Å². The topological polar surface area (TPSA) is 78.9 Å². The van der Waals surface area contributed by atoms with Crippen molar-refractivity contribution >= 4 is 17.9 Å². The zero-order valence-corrected chi connectivity index (χ0v) is 51.3. The molecule has 0 aromatic carbocycles. The van der Waals surface area contributed by atoms with E-state index in [1.54, 1.807) is 0 Å². The van der Waals surface area contributed by atoms with E-state index in [2.05, 4.69) is 57.2 Å². The SMILES string of the molecule is CCCCCCC/C=C\C/C=C\C/C=C\CCCCCCCCCCCCC(=O)OCC(COC(=O)CCCCCCCCCCC)OC(=O)CCCCCCCCCCCCCCCCCCCCCCCCCC. The smallest absolute Gasteiger partial charge is 0.306 e. The van der Waals surface area contributed by atoms with E-state index in [-0.39, 0.29) is 31.1 Å². The standard InChI is InChI=1S/C70H130O6/c1-4-7-10-13-16-19-21-23-25-27-29-31-33-35-37-38-40-42-44-46-48-51-54-57-60-63-69(72)75-66-67(65-74-68(71)62-59-56-53-50-18-15-12-9-6-3)76-70(73)64-61-58-55-52-49-47-45-43-41-39-36-34-32-30-28-26-24-22-20-17-14-11-8-5-2/h21,23,27,29,33,35,67H,4-20,22,24-26,28,30-32,34,36-66H2,1-3H3/b23-21-,29-27-,35-33-. The number of esters is 3. The number of carbonyl (C=O) groups excluding carboxylic acids is 3. The van der Waals surface area contributed by atoms with Gasteiger partial charge in [0.15, 0.2) is 6.10 Å². The minimum absolute atomic E-state index is 0.0680. The largest absolute Gasteiger partial charge is 0.462 e. The van der Waals surface area contributed by atoms with Gasteiger partial charge >= 0.3 is 17.9 Å². The van der Waals surface area contributed by atoms with Gasteiger partial charge in [-0.1, -0.05) is 333 Å². The van der Waals surface area contributed by atoms with E-state index in [1.165, 1.54) is 263 Å². The normalized spacial score (nSPS) is 12.2. The van der Waals surface area contributed by atoms with Crippen LogP contribution in [0.4, 0.5) is 0 Å². The molecule has 0 fully saturated rings. The lowest BCUT2D eigenvalue weighted by molar-refractivity contribution is -0.167. The molecule has 0 aliphatic carbocycles. The quantitative estimate of drug-likeness (QED) is 0.0261. The highest BCUT2D eigenvalue weighted by Gasteiger charge is 2.19. The van der Waals surface area contributed by atoms with Crippen LogP contribution < -0.4 is 0 Å². The fourth-order valence-corrected chi connectivity index (χ4v) is 10.3. The van der Waals surface area contributed by atoms with Gasteiger partial charge in [-0.3, -0.25) is 14.4 Å². The minimum atomic E-state index is -0.770. The summed E-state index contributed by atoms with van der Waals surface area (Å²) >= 11 is 0. The Balaban J connectivity index is 4.15. The molecule has 76 heavy (non-hydrogen) atoms. The predicted molar refractivity (Wildman–Crippen MR) is 330 cm³/mol. The zero-order chi connectivity index (χ0) is 55.0. The molecule has 0 radical (unpaired) electrons. The first kappa shape index (κ1) is 73.6. The van der Waals surface area contributed by atoms with Gasteiger partial charge in [0.25, 0.3) is 0 Å². The van der Waals surface area contributed by atoms with Crippen LogP contribution in [0.3, 0.4) is 0 Å². The Labute approximate surface area is 474 Å². The molecule has 0 spiro atoms. The van der Waals surface area contributed by atoms with Gasteiger partial charge in [-0.15, -0.1) is 0 Å². The van der Waals surface area contributed by atoms with Crippen molar-refractivity contribution in [2.75, 3.05) is 13.2 Å². The Morgan fingerprint density at radius 1 is 0.263 bits per heavy atom. The summed E-state index contributed by atoms with van der Waals surface area (Å²) in [7, 11) is 0. The first-order valence-electron chi connectivity index (χ1n) is 34.0. The van der Waals surface area contributed by atoms with Gasteiger partial charge in [-0.25, -0.2) is 0 Å². The highest BCUT2D eigenvalue weighted by molar-refractivity contribution is 5.71. The van der Waals surface area contributed by atoms with Crippen molar-refractivity contribution in [3.05, 3.63) is 36.5 Å². The highest BCUT2D eigenvalue weighted by atomic mass is 16.6. The molecular weight excluding hydrogens is 937 g/mol. The number of allylic oxidation sites excluding steroid dienone is 6. The summed E-state index contributed by atoms with van der Waals surface area (Å²) in [5.74, 6) is -0.849. The lowest BCUT2D eigenvalue weighted by Crippen LogP contribution is -2.30. The van der Waals surface area contributed by atoms with Crippen molar-refractivity contribution < 1.29 is 28.6 Å². The summed E-state index contributed by atoms with van der Waals surface area (Å²) in [6.45, 7) is 6.67. The molecule has 0 N–H and O–H groups in total. The molecule has 6 nitrogen and oxygen atoms in total. The summed E-state index contributed by atoms with van der Waals surface area (Å²) in [5.41, 5.74) is 0. The molecule has 1 unspecified atom stereocenters. The number of hydrogen-bond acceptors (Lipinski definition) is 6.